The third kappa shape index (κ3) is 3.71. The first-order valence-electron chi connectivity index (χ1n) is 10.3. The van der Waals surface area contributed by atoms with Crippen molar-refractivity contribution in [2.75, 3.05) is 19.7 Å². The van der Waals surface area contributed by atoms with E-state index in [0.29, 0.717) is 22.6 Å². The van der Waals surface area contributed by atoms with Crippen molar-refractivity contribution in [1.29, 1.82) is 0 Å². The van der Waals surface area contributed by atoms with Gasteiger partial charge >= 0.3 is 6.18 Å². The molecule has 0 radical (unpaired) electrons. The van der Waals surface area contributed by atoms with Crippen LogP contribution in [0, 0.1) is 6.92 Å². The van der Waals surface area contributed by atoms with E-state index >= 15 is 0 Å². The Morgan fingerprint density at radius 1 is 1.12 bits per heavy atom. The van der Waals surface area contributed by atoms with Crippen molar-refractivity contribution in [3.8, 4) is 11.4 Å². The average Bonchev–Trinajstić information content (AvgIpc) is 3.21. The number of fused-ring (bicyclic) bond motifs is 2. The monoisotopic (exact) mass is 456 g/mol. The molecular formula is C23H19F3N4O3. The molecule has 170 valence electrons. The molecule has 4 heterocycles. The van der Waals surface area contributed by atoms with Crippen LogP contribution in [0.4, 0.5) is 13.2 Å². The van der Waals surface area contributed by atoms with Crippen LogP contribution in [0.15, 0.2) is 53.7 Å². The van der Waals surface area contributed by atoms with E-state index in [4.69, 9.17) is 4.74 Å². The summed E-state index contributed by atoms with van der Waals surface area (Å²) in [6, 6.07) is 6.50. The largest absolute Gasteiger partial charge is 0.489 e. The Kier molecular flexibility index (Phi) is 4.88. The van der Waals surface area contributed by atoms with Crippen molar-refractivity contribution >= 4 is 11.5 Å². The molecule has 2 aliphatic rings. The number of hydrogen-bond acceptors (Lipinski definition) is 4. The molecule has 33 heavy (non-hydrogen) atoms. The normalized spacial score (nSPS) is 15.6. The maximum atomic E-state index is 13.2. The fourth-order valence-corrected chi connectivity index (χ4v) is 4.14. The Labute approximate surface area is 186 Å². The van der Waals surface area contributed by atoms with Crippen molar-refractivity contribution in [1.82, 2.24) is 19.0 Å². The Bertz CT molecular complexity index is 1350. The zero-order valence-corrected chi connectivity index (χ0v) is 17.6. The van der Waals surface area contributed by atoms with Gasteiger partial charge in [0.25, 0.3) is 11.5 Å². The zero-order chi connectivity index (χ0) is 23.3. The first-order chi connectivity index (χ1) is 15.7. The van der Waals surface area contributed by atoms with Crippen molar-refractivity contribution in [2.24, 2.45) is 0 Å². The summed E-state index contributed by atoms with van der Waals surface area (Å²) in [5, 5.41) is 0. The summed E-state index contributed by atoms with van der Waals surface area (Å²) in [6.45, 7) is 2.67. The van der Waals surface area contributed by atoms with E-state index in [2.05, 4.69) is 4.98 Å². The van der Waals surface area contributed by atoms with Crippen LogP contribution >= 0.6 is 0 Å². The minimum atomic E-state index is -4.48. The predicted molar refractivity (Wildman–Crippen MR) is 113 cm³/mol. The smallest absolute Gasteiger partial charge is 0.416 e. The SMILES string of the molecule is Cc1cn(-c2ccc3n(c2=O)CCN(CC2=CCOc4ccc(C(F)(F)F)cc42)C3=O)cn1. The van der Waals surface area contributed by atoms with Crippen LogP contribution in [0.1, 0.15) is 27.3 Å². The van der Waals surface area contributed by atoms with Gasteiger partial charge in [0.2, 0.25) is 0 Å². The number of imidazole rings is 1. The van der Waals surface area contributed by atoms with Crippen LogP contribution in [0.3, 0.4) is 0 Å². The number of carbonyl (C=O) groups is 1. The van der Waals surface area contributed by atoms with Crippen LogP contribution in [0.2, 0.25) is 0 Å². The number of rotatable bonds is 3. The summed E-state index contributed by atoms with van der Waals surface area (Å²) in [4.78, 5) is 31.8. The number of ether oxygens (including phenoxy) is 1. The third-order valence-electron chi connectivity index (χ3n) is 5.83. The van der Waals surface area contributed by atoms with Gasteiger partial charge in [0.1, 0.15) is 23.7 Å². The summed E-state index contributed by atoms with van der Waals surface area (Å²) >= 11 is 0. The maximum Gasteiger partial charge on any atom is 0.416 e. The minimum Gasteiger partial charge on any atom is -0.489 e. The summed E-state index contributed by atoms with van der Waals surface area (Å²) in [5.74, 6) is -0.00512. The molecule has 0 fully saturated rings. The van der Waals surface area contributed by atoms with Crippen molar-refractivity contribution in [3.63, 3.8) is 0 Å². The van der Waals surface area contributed by atoms with E-state index in [1.54, 1.807) is 35.3 Å². The number of hydrogen-bond donors (Lipinski definition) is 0. The highest BCUT2D eigenvalue weighted by molar-refractivity contribution is 5.94. The van der Waals surface area contributed by atoms with E-state index in [-0.39, 0.29) is 43.4 Å². The van der Waals surface area contributed by atoms with Gasteiger partial charge in [-0.2, -0.15) is 13.2 Å². The molecule has 0 atom stereocenters. The number of alkyl halides is 3. The third-order valence-corrected chi connectivity index (χ3v) is 5.83. The van der Waals surface area contributed by atoms with E-state index in [1.165, 1.54) is 15.5 Å². The van der Waals surface area contributed by atoms with Gasteiger partial charge in [-0.3, -0.25) is 9.59 Å². The quantitative estimate of drug-likeness (QED) is 0.607. The van der Waals surface area contributed by atoms with Gasteiger partial charge < -0.3 is 18.8 Å². The van der Waals surface area contributed by atoms with Crippen LogP contribution < -0.4 is 10.3 Å². The van der Waals surface area contributed by atoms with Gasteiger partial charge in [0.05, 0.1) is 17.6 Å². The molecule has 1 aromatic carbocycles. The number of benzene rings is 1. The number of amides is 1. The van der Waals surface area contributed by atoms with Gasteiger partial charge in [-0.15, -0.1) is 0 Å². The van der Waals surface area contributed by atoms with Gasteiger partial charge in [0.15, 0.2) is 0 Å². The maximum absolute atomic E-state index is 13.2. The molecule has 2 aliphatic heterocycles. The Balaban J connectivity index is 1.43. The van der Waals surface area contributed by atoms with E-state index < -0.39 is 11.7 Å². The standard InChI is InChI=1S/C23H19F3N4O3/c1-14-11-29(13-27-14)18-3-4-19-21(31)28(7-8-30(19)22(18)32)12-15-6-9-33-20-5-2-16(10-17(15)20)23(24,25)26/h2-6,10-11,13H,7-9,12H2,1H3. The van der Waals surface area contributed by atoms with Crippen LogP contribution in [0.5, 0.6) is 5.75 Å². The highest BCUT2D eigenvalue weighted by atomic mass is 19.4. The zero-order valence-electron chi connectivity index (χ0n) is 17.6. The molecule has 0 spiro atoms. The highest BCUT2D eigenvalue weighted by Gasteiger charge is 2.33. The molecule has 0 saturated heterocycles. The van der Waals surface area contributed by atoms with Gasteiger partial charge in [-0.25, -0.2) is 4.98 Å². The van der Waals surface area contributed by atoms with Gasteiger partial charge in [-0.05, 0) is 48.9 Å². The molecule has 0 aliphatic carbocycles. The predicted octanol–water partition coefficient (Wildman–Crippen LogP) is 3.29. The summed E-state index contributed by atoms with van der Waals surface area (Å²) < 4.78 is 48.1. The lowest BCUT2D eigenvalue weighted by atomic mass is 9.99. The van der Waals surface area contributed by atoms with Crippen molar-refractivity contribution < 1.29 is 22.7 Å². The van der Waals surface area contributed by atoms with Crippen LogP contribution in [0.25, 0.3) is 11.3 Å². The number of halogens is 3. The summed E-state index contributed by atoms with van der Waals surface area (Å²) in [6.07, 6.45) is 0.469. The van der Waals surface area contributed by atoms with E-state index in [0.717, 1.165) is 17.8 Å². The second-order valence-corrected chi connectivity index (χ2v) is 7.96. The van der Waals surface area contributed by atoms with Crippen molar-refractivity contribution in [2.45, 2.75) is 19.6 Å². The second-order valence-electron chi connectivity index (χ2n) is 7.96. The summed E-state index contributed by atoms with van der Waals surface area (Å²) in [7, 11) is 0. The molecule has 7 nitrogen and oxygen atoms in total. The lowest BCUT2D eigenvalue weighted by Crippen LogP contribution is -2.45. The summed E-state index contributed by atoms with van der Waals surface area (Å²) in [5.41, 5.74) is 1.21. The Morgan fingerprint density at radius 2 is 1.94 bits per heavy atom. The minimum absolute atomic E-state index is 0.118. The fraction of sp³-hybridized carbons (Fsp3) is 0.261. The molecule has 0 saturated carbocycles. The van der Waals surface area contributed by atoms with Crippen LogP contribution in [-0.4, -0.2) is 44.6 Å². The Morgan fingerprint density at radius 3 is 2.67 bits per heavy atom. The Hall–Kier alpha value is -3.82. The molecule has 10 heteroatoms. The topological polar surface area (TPSA) is 69.4 Å². The van der Waals surface area contributed by atoms with Gasteiger partial charge in [0, 0.05) is 31.4 Å². The number of aromatic nitrogens is 3. The molecule has 2 aromatic heterocycles. The fourth-order valence-electron chi connectivity index (χ4n) is 4.14. The molecule has 0 unspecified atom stereocenters. The van der Waals surface area contributed by atoms with E-state index in [1.807, 2.05) is 6.92 Å². The lowest BCUT2D eigenvalue weighted by molar-refractivity contribution is -0.137. The number of nitrogens with zero attached hydrogens (tertiary/aromatic N) is 4. The number of pyridine rings is 1. The molecular weight excluding hydrogens is 437 g/mol. The number of carbonyl (C=O) groups excluding carboxylic acids is 1. The highest BCUT2D eigenvalue weighted by Crippen LogP contribution is 2.37. The van der Waals surface area contributed by atoms with E-state index in [9.17, 15) is 22.8 Å². The molecule has 0 N–H and O–H groups in total. The number of aryl methyl sites for hydroxylation is 1. The first-order valence-corrected chi connectivity index (χ1v) is 10.3. The van der Waals surface area contributed by atoms with Crippen molar-refractivity contribution in [3.05, 3.63) is 81.8 Å². The molecule has 5 rings (SSSR count). The first kappa shape index (κ1) is 21.0. The second kappa shape index (κ2) is 7.65. The van der Waals surface area contributed by atoms with Crippen LogP contribution in [-0.2, 0) is 12.7 Å². The van der Waals surface area contributed by atoms with Gasteiger partial charge in [-0.1, -0.05) is 0 Å². The average molecular weight is 456 g/mol. The molecule has 0 bridgehead atoms. The lowest BCUT2D eigenvalue weighted by Gasteiger charge is -2.31. The molecule has 1 amide bonds. The molecule has 3 aromatic rings.